The van der Waals surface area contributed by atoms with Gasteiger partial charge in [0.2, 0.25) is 0 Å². The van der Waals surface area contributed by atoms with Gasteiger partial charge in [-0.25, -0.2) is 0 Å². The van der Waals surface area contributed by atoms with Crippen LogP contribution in [0.2, 0.25) is 0 Å². The summed E-state index contributed by atoms with van der Waals surface area (Å²) in [6.07, 6.45) is -0.471. The van der Waals surface area contributed by atoms with E-state index < -0.39 is 23.6 Å². The van der Waals surface area contributed by atoms with Gasteiger partial charge < -0.3 is 19.3 Å². The van der Waals surface area contributed by atoms with Crippen LogP contribution in [-0.2, 0) is 23.8 Å². The number of carbonyl (C=O) groups is 2. The molecule has 0 saturated carbocycles. The maximum absolute atomic E-state index is 11.6. The second-order valence-electron chi connectivity index (χ2n) is 4.12. The number of aliphatic carboxylic acids is 1. The zero-order valence-corrected chi connectivity index (χ0v) is 10.9. The summed E-state index contributed by atoms with van der Waals surface area (Å²) in [5.74, 6) is -4.47. The average Bonchev–Trinajstić information content (AvgIpc) is 2.24. The zero-order chi connectivity index (χ0) is 13.6. The molecule has 1 N–H and O–H groups in total. The van der Waals surface area contributed by atoms with Gasteiger partial charge in [-0.3, -0.25) is 9.59 Å². The molecule has 17 heavy (non-hydrogen) atoms. The fourth-order valence-corrected chi connectivity index (χ4v) is 1.21. The maximum Gasteiger partial charge on any atom is 0.320 e. The second-order valence-corrected chi connectivity index (χ2v) is 4.12. The van der Waals surface area contributed by atoms with Gasteiger partial charge in [0.1, 0.15) is 0 Å². The first-order valence-electron chi connectivity index (χ1n) is 5.29. The van der Waals surface area contributed by atoms with E-state index >= 15 is 0 Å². The van der Waals surface area contributed by atoms with E-state index in [0.29, 0.717) is 0 Å². The molecular formula is C11H20O6. The Labute approximate surface area is 101 Å². The molecule has 0 aliphatic heterocycles. The van der Waals surface area contributed by atoms with Crippen molar-refractivity contribution in [3.8, 4) is 0 Å². The minimum Gasteiger partial charge on any atom is -0.481 e. The van der Waals surface area contributed by atoms with Gasteiger partial charge in [-0.15, -0.1) is 0 Å². The Kier molecular flexibility index (Phi) is 6.12. The minimum absolute atomic E-state index is 0.110. The molecule has 0 rings (SSSR count). The van der Waals surface area contributed by atoms with Crippen LogP contribution in [0.25, 0.3) is 0 Å². The van der Waals surface area contributed by atoms with E-state index in [1.54, 1.807) is 20.8 Å². The Hall–Kier alpha value is -1.14. The first kappa shape index (κ1) is 15.9. The van der Waals surface area contributed by atoms with E-state index in [2.05, 4.69) is 0 Å². The highest BCUT2D eigenvalue weighted by molar-refractivity contribution is 5.94. The van der Waals surface area contributed by atoms with Crippen LogP contribution in [0.3, 0.4) is 0 Å². The monoisotopic (exact) mass is 248 g/mol. The molecule has 1 unspecified atom stereocenters. The lowest BCUT2D eigenvalue weighted by molar-refractivity contribution is -0.210. The molecule has 0 aliphatic carbocycles. The van der Waals surface area contributed by atoms with Gasteiger partial charge in [0.15, 0.2) is 11.7 Å². The van der Waals surface area contributed by atoms with Crippen molar-refractivity contribution in [1.29, 1.82) is 0 Å². The molecule has 0 heterocycles. The molecular weight excluding hydrogens is 228 g/mol. The smallest absolute Gasteiger partial charge is 0.320 e. The predicted molar refractivity (Wildman–Crippen MR) is 59.4 cm³/mol. The number of methoxy groups -OCH3 is 2. The first-order chi connectivity index (χ1) is 7.75. The molecule has 0 radical (unpaired) electrons. The second kappa shape index (κ2) is 6.56. The van der Waals surface area contributed by atoms with Crippen molar-refractivity contribution in [3.05, 3.63) is 0 Å². The highest BCUT2D eigenvalue weighted by atomic mass is 16.7. The highest BCUT2D eigenvalue weighted by Crippen LogP contribution is 2.22. The average molecular weight is 248 g/mol. The SMILES string of the molecule is COC(C)(CC(C(=O)O)C(=O)OC(C)C)OC. The Morgan fingerprint density at radius 2 is 1.71 bits per heavy atom. The molecule has 0 amide bonds. The Morgan fingerprint density at radius 1 is 1.24 bits per heavy atom. The maximum atomic E-state index is 11.6. The summed E-state index contributed by atoms with van der Waals surface area (Å²) in [7, 11) is 2.77. The molecule has 0 saturated heterocycles. The summed E-state index contributed by atoms with van der Waals surface area (Å²) in [6.45, 7) is 4.87. The number of carboxylic acids is 1. The number of carbonyl (C=O) groups excluding carboxylic acids is 1. The van der Waals surface area contributed by atoms with Crippen molar-refractivity contribution in [2.24, 2.45) is 5.92 Å². The lowest BCUT2D eigenvalue weighted by Crippen LogP contribution is -2.39. The summed E-state index contributed by atoms with van der Waals surface area (Å²) < 4.78 is 14.9. The molecule has 100 valence electrons. The topological polar surface area (TPSA) is 82.1 Å². The van der Waals surface area contributed by atoms with Gasteiger partial charge in [0.25, 0.3) is 0 Å². The Balaban J connectivity index is 4.76. The molecule has 0 aromatic rings. The summed E-state index contributed by atoms with van der Waals surface area (Å²) >= 11 is 0. The van der Waals surface area contributed by atoms with E-state index in [1.807, 2.05) is 0 Å². The summed E-state index contributed by atoms with van der Waals surface area (Å²) in [5, 5.41) is 9.00. The van der Waals surface area contributed by atoms with Crippen molar-refractivity contribution < 1.29 is 28.9 Å². The Bertz CT molecular complexity index is 269. The van der Waals surface area contributed by atoms with Crippen LogP contribution in [0.5, 0.6) is 0 Å². The van der Waals surface area contributed by atoms with Crippen molar-refractivity contribution in [2.45, 2.75) is 39.1 Å². The molecule has 6 nitrogen and oxygen atoms in total. The van der Waals surface area contributed by atoms with Gasteiger partial charge in [-0.1, -0.05) is 0 Å². The van der Waals surface area contributed by atoms with Crippen LogP contribution in [0.15, 0.2) is 0 Å². The first-order valence-corrected chi connectivity index (χ1v) is 5.29. The van der Waals surface area contributed by atoms with Gasteiger partial charge >= 0.3 is 11.9 Å². The molecule has 0 spiro atoms. The van der Waals surface area contributed by atoms with E-state index in [9.17, 15) is 9.59 Å². The number of carboxylic acid groups (broad SMARTS) is 1. The molecule has 0 bridgehead atoms. The fraction of sp³-hybridized carbons (Fsp3) is 0.818. The fourth-order valence-electron chi connectivity index (χ4n) is 1.21. The number of rotatable bonds is 7. The zero-order valence-electron chi connectivity index (χ0n) is 10.9. The van der Waals surface area contributed by atoms with Crippen LogP contribution in [0.4, 0.5) is 0 Å². The van der Waals surface area contributed by atoms with Crippen LogP contribution in [0.1, 0.15) is 27.2 Å². The Morgan fingerprint density at radius 3 is 2.00 bits per heavy atom. The van der Waals surface area contributed by atoms with Crippen molar-refractivity contribution in [2.75, 3.05) is 14.2 Å². The van der Waals surface area contributed by atoms with Crippen LogP contribution >= 0.6 is 0 Å². The van der Waals surface area contributed by atoms with E-state index in [-0.39, 0.29) is 12.5 Å². The lowest BCUT2D eigenvalue weighted by Gasteiger charge is -2.28. The summed E-state index contributed by atoms with van der Waals surface area (Å²) in [5.41, 5.74) is 0. The number of hydrogen-bond acceptors (Lipinski definition) is 5. The summed E-state index contributed by atoms with van der Waals surface area (Å²) in [4.78, 5) is 22.6. The summed E-state index contributed by atoms with van der Waals surface area (Å²) in [6, 6.07) is 0. The third-order valence-corrected chi connectivity index (χ3v) is 2.37. The molecule has 0 fully saturated rings. The third kappa shape index (κ3) is 5.14. The van der Waals surface area contributed by atoms with E-state index in [0.717, 1.165) is 0 Å². The van der Waals surface area contributed by atoms with Gasteiger partial charge in [-0.2, -0.15) is 0 Å². The number of hydrogen-bond donors (Lipinski definition) is 1. The molecule has 6 heteroatoms. The molecule has 1 atom stereocenters. The van der Waals surface area contributed by atoms with E-state index in [4.69, 9.17) is 19.3 Å². The molecule has 0 aromatic heterocycles. The van der Waals surface area contributed by atoms with Crippen LogP contribution < -0.4 is 0 Å². The van der Waals surface area contributed by atoms with Crippen molar-refractivity contribution >= 4 is 11.9 Å². The quantitative estimate of drug-likeness (QED) is 0.412. The number of ether oxygens (including phenoxy) is 3. The minimum atomic E-state index is -1.30. The van der Waals surface area contributed by atoms with Gasteiger partial charge in [-0.05, 0) is 20.8 Å². The van der Waals surface area contributed by atoms with Crippen molar-refractivity contribution in [3.63, 3.8) is 0 Å². The van der Waals surface area contributed by atoms with E-state index in [1.165, 1.54) is 14.2 Å². The predicted octanol–water partition coefficient (Wildman–Crippen LogP) is 1.04. The van der Waals surface area contributed by atoms with Crippen LogP contribution in [-0.4, -0.2) is 43.2 Å². The van der Waals surface area contributed by atoms with Gasteiger partial charge in [0, 0.05) is 20.6 Å². The highest BCUT2D eigenvalue weighted by Gasteiger charge is 2.37. The lowest BCUT2D eigenvalue weighted by atomic mass is 10.00. The molecule has 0 aromatic carbocycles. The normalized spacial score (nSPS) is 13.5. The standard InChI is InChI=1S/C11H20O6/c1-7(2)17-10(14)8(9(12)13)6-11(3,15-4)16-5/h7-8H,6H2,1-5H3,(H,12,13). The third-order valence-electron chi connectivity index (χ3n) is 2.37. The van der Waals surface area contributed by atoms with Crippen molar-refractivity contribution in [1.82, 2.24) is 0 Å². The molecule has 0 aliphatic rings. The number of esters is 1. The largest absolute Gasteiger partial charge is 0.481 e. The van der Waals surface area contributed by atoms with Gasteiger partial charge in [0.05, 0.1) is 6.10 Å². The van der Waals surface area contributed by atoms with Crippen LogP contribution in [0, 0.1) is 5.92 Å².